The van der Waals surface area contributed by atoms with Crippen LogP contribution in [0.5, 0.6) is 0 Å². The number of amides is 1. The van der Waals surface area contributed by atoms with Crippen LogP contribution in [0, 0.1) is 11.8 Å². The Labute approximate surface area is 281 Å². The van der Waals surface area contributed by atoms with E-state index < -0.39 is 47.4 Å². The van der Waals surface area contributed by atoms with Crippen molar-refractivity contribution in [2.24, 2.45) is 11.8 Å². The van der Waals surface area contributed by atoms with E-state index in [4.69, 9.17) is 4.84 Å². The van der Waals surface area contributed by atoms with Gasteiger partial charge in [0, 0.05) is 38.0 Å². The number of rotatable bonds is 17. The van der Waals surface area contributed by atoms with E-state index in [9.17, 15) is 49.3 Å². The van der Waals surface area contributed by atoms with Crippen molar-refractivity contribution in [1.29, 1.82) is 0 Å². The third kappa shape index (κ3) is 9.24. The molecule has 0 aliphatic heterocycles. The molecule has 1 aliphatic rings. The SMILES string of the molecule is CC(C)CC(CC(C)N(C)C(C)N(C)NC(C)C)N(C)C(O)(CCc1ccccc1)ONC(=O)C1CC(O)(O)C(F)(F)C(O)(O)C1(O)O. The highest BCUT2D eigenvalue weighted by molar-refractivity contribution is 5.79. The molecule has 0 bridgehead atoms. The van der Waals surface area contributed by atoms with Gasteiger partial charge in [-0.1, -0.05) is 44.2 Å². The fraction of sp³-hybridized carbons (Fsp3) is 0.781. The molecule has 5 atom stereocenters. The van der Waals surface area contributed by atoms with E-state index in [1.807, 2.05) is 84.3 Å². The van der Waals surface area contributed by atoms with Crippen LogP contribution in [0.3, 0.4) is 0 Å². The van der Waals surface area contributed by atoms with Gasteiger partial charge in [-0.05, 0) is 72.5 Å². The van der Waals surface area contributed by atoms with Gasteiger partial charge in [-0.2, -0.15) is 8.78 Å². The maximum Gasteiger partial charge on any atom is 0.358 e. The summed E-state index contributed by atoms with van der Waals surface area (Å²) in [6.07, 6.45) is -0.520. The molecule has 1 fully saturated rings. The predicted octanol–water partition coefficient (Wildman–Crippen LogP) is 0.259. The Morgan fingerprint density at radius 1 is 0.979 bits per heavy atom. The summed E-state index contributed by atoms with van der Waals surface area (Å²) in [4.78, 5) is 22.4. The highest BCUT2D eigenvalue weighted by Gasteiger charge is 2.80. The first kappa shape index (κ1) is 42.2. The molecule has 1 aromatic rings. The Hall–Kier alpha value is -1.93. The Balaban J connectivity index is 2.40. The van der Waals surface area contributed by atoms with Gasteiger partial charge >= 0.3 is 5.92 Å². The molecule has 1 saturated carbocycles. The number of carbonyl (C=O) groups excluding carboxylic acids is 1. The molecule has 1 aliphatic carbocycles. The summed E-state index contributed by atoms with van der Waals surface area (Å²) in [6.45, 7) is 12.2. The fourth-order valence-electron chi connectivity index (χ4n) is 6.00. The molecule has 2 rings (SSSR count). The van der Waals surface area contributed by atoms with Gasteiger partial charge in [0.25, 0.3) is 17.6 Å². The average molecular weight is 694 g/mol. The second kappa shape index (κ2) is 16.0. The number of hydrogen-bond acceptors (Lipinski definition) is 13. The minimum atomic E-state index is -5.27. The summed E-state index contributed by atoms with van der Waals surface area (Å²) in [7, 11) is 5.52. The molecule has 0 radical (unpaired) electrons. The van der Waals surface area contributed by atoms with E-state index in [0.29, 0.717) is 12.8 Å². The monoisotopic (exact) mass is 693 g/mol. The van der Waals surface area contributed by atoms with E-state index in [1.54, 1.807) is 19.2 Å². The Bertz CT molecular complexity index is 1180. The Morgan fingerprint density at radius 3 is 2.06 bits per heavy atom. The molecule has 48 heavy (non-hydrogen) atoms. The molecular weight excluding hydrogens is 636 g/mol. The Morgan fingerprint density at radius 2 is 1.54 bits per heavy atom. The molecule has 14 nitrogen and oxygen atoms in total. The van der Waals surface area contributed by atoms with Crippen LogP contribution >= 0.6 is 0 Å². The van der Waals surface area contributed by atoms with Crippen molar-refractivity contribution < 1.29 is 54.2 Å². The smallest absolute Gasteiger partial charge is 0.358 e. The first-order valence-electron chi connectivity index (χ1n) is 16.2. The van der Waals surface area contributed by atoms with Crippen LogP contribution in [0.15, 0.2) is 30.3 Å². The highest BCUT2D eigenvalue weighted by atomic mass is 19.3. The van der Waals surface area contributed by atoms with Crippen molar-refractivity contribution >= 4 is 5.91 Å². The molecule has 0 aromatic heterocycles. The number of benzene rings is 1. The van der Waals surface area contributed by atoms with Crippen molar-refractivity contribution in [1.82, 2.24) is 25.7 Å². The quantitative estimate of drug-likeness (QED) is 0.0796. The van der Waals surface area contributed by atoms with Gasteiger partial charge in [0.15, 0.2) is 0 Å². The zero-order valence-corrected chi connectivity index (χ0v) is 29.4. The largest absolute Gasteiger partial charge is 0.361 e. The van der Waals surface area contributed by atoms with Crippen LogP contribution in [0.2, 0.25) is 0 Å². The van der Waals surface area contributed by atoms with Crippen molar-refractivity contribution in [3.8, 4) is 0 Å². The summed E-state index contributed by atoms with van der Waals surface area (Å²) in [5, 5.41) is 74.3. The minimum Gasteiger partial charge on any atom is -0.361 e. The van der Waals surface area contributed by atoms with Crippen LogP contribution < -0.4 is 10.9 Å². The lowest BCUT2D eigenvalue weighted by Crippen LogP contribution is -2.80. The normalized spacial score (nSPS) is 23.4. The first-order chi connectivity index (χ1) is 21.8. The van der Waals surface area contributed by atoms with Gasteiger partial charge in [0.1, 0.15) is 5.92 Å². The second-order valence-corrected chi connectivity index (χ2v) is 14.0. The molecule has 1 aromatic carbocycles. The zero-order valence-electron chi connectivity index (χ0n) is 29.4. The van der Waals surface area contributed by atoms with Crippen molar-refractivity contribution in [3.63, 3.8) is 0 Å². The zero-order chi connectivity index (χ0) is 37.0. The topological polar surface area (TPSA) is 202 Å². The number of aryl methyl sites for hydroxylation is 1. The second-order valence-electron chi connectivity index (χ2n) is 14.0. The van der Waals surface area contributed by atoms with Gasteiger partial charge in [-0.3, -0.25) is 20.0 Å². The van der Waals surface area contributed by atoms with E-state index >= 15 is 0 Å². The van der Waals surface area contributed by atoms with Gasteiger partial charge in [0.2, 0.25) is 11.6 Å². The molecular formula is C32H57F2N5O9. The van der Waals surface area contributed by atoms with E-state index in [2.05, 4.69) is 10.3 Å². The molecule has 0 saturated heterocycles. The molecule has 278 valence electrons. The third-order valence-electron chi connectivity index (χ3n) is 9.40. The number of nitrogens with zero attached hydrogens (tertiary/aromatic N) is 3. The minimum absolute atomic E-state index is 0.0182. The number of aliphatic hydroxyl groups is 7. The van der Waals surface area contributed by atoms with Crippen LogP contribution in [0.1, 0.15) is 72.8 Å². The van der Waals surface area contributed by atoms with Gasteiger partial charge in [-0.15, -0.1) is 0 Å². The molecule has 0 spiro atoms. The van der Waals surface area contributed by atoms with Crippen LogP contribution in [0.4, 0.5) is 8.78 Å². The fourth-order valence-corrected chi connectivity index (χ4v) is 6.00. The van der Waals surface area contributed by atoms with E-state index in [-0.39, 0.29) is 43.1 Å². The lowest BCUT2D eigenvalue weighted by Gasteiger charge is -2.52. The lowest BCUT2D eigenvalue weighted by molar-refractivity contribution is -0.501. The maximum absolute atomic E-state index is 14.4. The van der Waals surface area contributed by atoms with Gasteiger partial charge in [-0.25, -0.2) is 15.3 Å². The van der Waals surface area contributed by atoms with Crippen LogP contribution in [-0.2, 0) is 16.1 Å². The summed E-state index contributed by atoms with van der Waals surface area (Å²) in [6, 6.07) is 8.90. The molecule has 16 heteroatoms. The van der Waals surface area contributed by atoms with Crippen molar-refractivity contribution in [2.75, 3.05) is 21.1 Å². The molecule has 0 heterocycles. The van der Waals surface area contributed by atoms with Crippen molar-refractivity contribution in [3.05, 3.63) is 35.9 Å². The van der Waals surface area contributed by atoms with Gasteiger partial charge in [0.05, 0.1) is 6.17 Å². The van der Waals surface area contributed by atoms with Crippen LogP contribution in [0.25, 0.3) is 0 Å². The standard InChI is InChI=1S/C32H57F2N5O9/c1-20(2)17-25(18-22(5)37(7)23(6)39(9)35-21(3)4)38(8)29(43,16-15-24-13-11-10-12-14-24)48-36-27(40)26-19-28(41,42)31(33,34)32(46,47)30(26,44)45/h10-14,20-23,25-26,35,41-47H,15-19H2,1-9H3,(H,36,40). The van der Waals surface area contributed by atoms with Crippen LogP contribution in [-0.4, -0.2) is 131 Å². The Kier molecular flexibility index (Phi) is 14.0. The molecule has 5 unspecified atom stereocenters. The summed E-state index contributed by atoms with van der Waals surface area (Å²) in [5.74, 6) is -25.0. The number of hydrazine groups is 1. The van der Waals surface area contributed by atoms with Gasteiger partial charge < -0.3 is 35.7 Å². The van der Waals surface area contributed by atoms with Crippen molar-refractivity contribution in [2.45, 2.75) is 127 Å². The number of hydroxylamine groups is 1. The number of alkyl halides is 2. The van der Waals surface area contributed by atoms with E-state index in [0.717, 1.165) is 5.56 Å². The molecule has 9 N–H and O–H groups in total. The number of hydrogen-bond donors (Lipinski definition) is 9. The van der Waals surface area contributed by atoms with E-state index in [1.165, 1.54) is 4.90 Å². The summed E-state index contributed by atoms with van der Waals surface area (Å²) in [5.41, 5.74) is 6.01. The number of carbonyl (C=O) groups is 1. The predicted molar refractivity (Wildman–Crippen MR) is 172 cm³/mol. The summed E-state index contributed by atoms with van der Waals surface area (Å²) >= 11 is 0. The molecule has 1 amide bonds. The maximum atomic E-state index is 14.4. The first-order valence-corrected chi connectivity index (χ1v) is 16.2. The highest BCUT2D eigenvalue weighted by Crippen LogP contribution is 2.51. The third-order valence-corrected chi connectivity index (χ3v) is 9.40. The number of halogens is 2. The summed E-state index contributed by atoms with van der Waals surface area (Å²) < 4.78 is 28.8. The lowest BCUT2D eigenvalue weighted by atomic mass is 9.72. The average Bonchev–Trinajstić information content (AvgIpc) is 2.99. The number of nitrogens with one attached hydrogen (secondary N) is 2.